The maximum absolute atomic E-state index is 14.1. The molecule has 0 saturated heterocycles. The minimum atomic E-state index is -3.46. The second-order valence-electron chi connectivity index (χ2n) is 5.73. The van der Waals surface area contributed by atoms with E-state index < -0.39 is 15.7 Å². The summed E-state index contributed by atoms with van der Waals surface area (Å²) in [4.78, 5) is -0.148. The summed E-state index contributed by atoms with van der Waals surface area (Å²) in [5.41, 5.74) is 6.50. The fourth-order valence-electron chi connectivity index (χ4n) is 2.83. The first-order valence-electron chi connectivity index (χ1n) is 6.74. The molecule has 2 aliphatic rings. The Labute approximate surface area is 112 Å². The third-order valence-corrected chi connectivity index (χ3v) is 6.81. The zero-order chi connectivity index (χ0) is 13.7. The van der Waals surface area contributed by atoms with Crippen LogP contribution in [-0.4, -0.2) is 20.2 Å². The van der Waals surface area contributed by atoms with Gasteiger partial charge in [-0.2, -0.15) is 0 Å². The highest BCUT2D eigenvalue weighted by Crippen LogP contribution is 2.44. The molecule has 3 nitrogen and oxygen atoms in total. The first-order chi connectivity index (χ1) is 8.99. The number of nitrogens with two attached hydrogens (primary N) is 1. The highest BCUT2D eigenvalue weighted by molar-refractivity contribution is 7.92. The smallest absolute Gasteiger partial charge is 0.184 e. The van der Waals surface area contributed by atoms with Crippen LogP contribution in [0.2, 0.25) is 0 Å². The summed E-state index contributed by atoms with van der Waals surface area (Å²) < 4.78 is 38.3. The Hall–Kier alpha value is -0.940. The molecule has 3 rings (SSSR count). The van der Waals surface area contributed by atoms with Crippen molar-refractivity contribution in [2.45, 2.75) is 47.7 Å². The summed E-state index contributed by atoms with van der Waals surface area (Å²) in [6.07, 6.45) is 4.31. The van der Waals surface area contributed by atoms with Crippen LogP contribution < -0.4 is 5.73 Å². The van der Waals surface area contributed by atoms with Gasteiger partial charge in [0.15, 0.2) is 9.84 Å². The van der Waals surface area contributed by atoms with Gasteiger partial charge in [0.1, 0.15) is 10.7 Å². The summed E-state index contributed by atoms with van der Waals surface area (Å²) >= 11 is 0. The van der Waals surface area contributed by atoms with Gasteiger partial charge in [0.2, 0.25) is 0 Å². The number of hydrogen-bond acceptors (Lipinski definition) is 3. The van der Waals surface area contributed by atoms with Gasteiger partial charge in [0.25, 0.3) is 0 Å². The lowest BCUT2D eigenvalue weighted by atomic mass is 9.64. The van der Waals surface area contributed by atoms with Crippen LogP contribution in [0.1, 0.15) is 37.7 Å². The van der Waals surface area contributed by atoms with E-state index in [1.807, 2.05) is 0 Å². The third-order valence-electron chi connectivity index (χ3n) is 4.52. The lowest BCUT2D eigenvalue weighted by molar-refractivity contribution is 0.252. The molecule has 0 unspecified atom stereocenters. The number of hydrogen-bond donors (Lipinski definition) is 1. The van der Waals surface area contributed by atoms with E-state index in [9.17, 15) is 12.8 Å². The van der Waals surface area contributed by atoms with Crippen LogP contribution in [0, 0.1) is 5.82 Å². The Morgan fingerprint density at radius 3 is 2.42 bits per heavy atom. The summed E-state index contributed by atoms with van der Waals surface area (Å²) in [5.74, 6) is -0.621. The molecule has 1 aromatic rings. The van der Waals surface area contributed by atoms with E-state index in [2.05, 4.69) is 0 Å². The monoisotopic (exact) mass is 283 g/mol. The van der Waals surface area contributed by atoms with Gasteiger partial charge in [-0.3, -0.25) is 0 Å². The molecular formula is C14H18FNO2S. The van der Waals surface area contributed by atoms with E-state index in [-0.39, 0.29) is 15.6 Å². The molecule has 2 saturated carbocycles. The van der Waals surface area contributed by atoms with E-state index >= 15 is 0 Å². The lowest BCUT2D eigenvalue weighted by Gasteiger charge is -2.41. The van der Waals surface area contributed by atoms with Crippen LogP contribution >= 0.6 is 0 Å². The number of benzene rings is 1. The molecule has 2 fully saturated rings. The number of sulfone groups is 1. The molecule has 5 heteroatoms. The molecule has 0 aliphatic heterocycles. The molecule has 104 valence electrons. The van der Waals surface area contributed by atoms with Crippen LogP contribution in [0.4, 0.5) is 4.39 Å². The van der Waals surface area contributed by atoms with E-state index in [0.29, 0.717) is 19.4 Å². The molecule has 2 N–H and O–H groups in total. The Morgan fingerprint density at radius 2 is 2.00 bits per heavy atom. The van der Waals surface area contributed by atoms with Crippen molar-refractivity contribution >= 4 is 9.84 Å². The van der Waals surface area contributed by atoms with Crippen molar-refractivity contribution < 1.29 is 12.8 Å². The SMILES string of the molecule is NCC1(c2ccc(S(=O)(=O)C3CC3)c(F)c2)CCC1. The van der Waals surface area contributed by atoms with Gasteiger partial charge in [0.05, 0.1) is 5.25 Å². The Bertz CT molecular complexity index is 598. The summed E-state index contributed by atoms with van der Waals surface area (Å²) in [5, 5.41) is -0.375. The fourth-order valence-corrected chi connectivity index (χ4v) is 4.54. The van der Waals surface area contributed by atoms with Crippen LogP contribution in [-0.2, 0) is 15.3 Å². The molecule has 0 amide bonds. The maximum Gasteiger partial charge on any atom is 0.184 e. The highest BCUT2D eigenvalue weighted by atomic mass is 32.2. The first kappa shape index (κ1) is 13.1. The Balaban J connectivity index is 1.98. The predicted molar refractivity (Wildman–Crippen MR) is 71.2 cm³/mol. The van der Waals surface area contributed by atoms with Crippen molar-refractivity contribution in [1.29, 1.82) is 0 Å². The Morgan fingerprint density at radius 1 is 1.32 bits per heavy atom. The molecule has 0 spiro atoms. The minimum absolute atomic E-state index is 0.136. The summed E-state index contributed by atoms with van der Waals surface area (Å²) in [6.45, 7) is 0.487. The highest BCUT2D eigenvalue weighted by Gasteiger charge is 2.40. The van der Waals surface area contributed by atoms with Crippen LogP contribution in [0.3, 0.4) is 0 Å². The second kappa shape index (κ2) is 4.28. The van der Waals surface area contributed by atoms with E-state index in [1.165, 1.54) is 12.1 Å². The van der Waals surface area contributed by atoms with E-state index in [4.69, 9.17) is 5.73 Å². The van der Waals surface area contributed by atoms with Crippen molar-refractivity contribution in [2.75, 3.05) is 6.54 Å². The van der Waals surface area contributed by atoms with Crippen LogP contribution in [0.15, 0.2) is 23.1 Å². The number of rotatable bonds is 4. The molecule has 0 heterocycles. The zero-order valence-corrected chi connectivity index (χ0v) is 11.5. The first-order valence-corrected chi connectivity index (χ1v) is 8.28. The predicted octanol–water partition coefficient (Wildman–Crippen LogP) is 2.14. The van der Waals surface area contributed by atoms with Crippen molar-refractivity contribution in [3.8, 4) is 0 Å². The topological polar surface area (TPSA) is 60.2 Å². The van der Waals surface area contributed by atoms with E-state index in [0.717, 1.165) is 24.8 Å². The summed E-state index contributed by atoms with van der Waals surface area (Å²) in [7, 11) is -3.46. The molecule has 0 atom stereocenters. The van der Waals surface area contributed by atoms with Crippen molar-refractivity contribution in [2.24, 2.45) is 5.73 Å². The normalized spacial score (nSPS) is 22.0. The van der Waals surface area contributed by atoms with Crippen molar-refractivity contribution in [1.82, 2.24) is 0 Å². The van der Waals surface area contributed by atoms with Crippen LogP contribution in [0.5, 0.6) is 0 Å². The zero-order valence-electron chi connectivity index (χ0n) is 10.7. The van der Waals surface area contributed by atoms with Crippen LogP contribution in [0.25, 0.3) is 0 Å². The molecule has 0 radical (unpaired) electrons. The van der Waals surface area contributed by atoms with E-state index in [1.54, 1.807) is 6.07 Å². The minimum Gasteiger partial charge on any atom is -0.330 e. The largest absolute Gasteiger partial charge is 0.330 e. The summed E-state index contributed by atoms with van der Waals surface area (Å²) in [6, 6.07) is 4.54. The van der Waals surface area contributed by atoms with Gasteiger partial charge < -0.3 is 5.73 Å². The van der Waals surface area contributed by atoms with Gasteiger partial charge in [-0.25, -0.2) is 12.8 Å². The molecule has 0 bridgehead atoms. The average molecular weight is 283 g/mol. The maximum atomic E-state index is 14.1. The van der Waals surface area contributed by atoms with Gasteiger partial charge in [-0.15, -0.1) is 0 Å². The quantitative estimate of drug-likeness (QED) is 0.921. The lowest BCUT2D eigenvalue weighted by Crippen LogP contribution is -2.41. The molecular weight excluding hydrogens is 265 g/mol. The molecule has 19 heavy (non-hydrogen) atoms. The fraction of sp³-hybridized carbons (Fsp3) is 0.571. The third kappa shape index (κ3) is 1.99. The van der Waals surface area contributed by atoms with Crippen molar-refractivity contribution in [3.63, 3.8) is 0 Å². The molecule has 0 aromatic heterocycles. The Kier molecular flexibility index (Phi) is 2.94. The van der Waals surface area contributed by atoms with Crippen molar-refractivity contribution in [3.05, 3.63) is 29.6 Å². The van der Waals surface area contributed by atoms with Gasteiger partial charge >= 0.3 is 0 Å². The molecule has 2 aliphatic carbocycles. The number of halogens is 1. The van der Waals surface area contributed by atoms with Gasteiger partial charge in [0, 0.05) is 12.0 Å². The second-order valence-corrected chi connectivity index (χ2v) is 7.92. The average Bonchev–Trinajstić information content (AvgIpc) is 3.12. The standard InChI is InChI=1S/C14H18FNO2S/c15-12-8-10(14(9-16)6-1-7-14)2-5-13(12)19(17,18)11-3-4-11/h2,5,8,11H,1,3-4,6-7,9,16H2. The van der Waals surface area contributed by atoms with Gasteiger partial charge in [-0.1, -0.05) is 12.5 Å². The van der Waals surface area contributed by atoms with Gasteiger partial charge in [-0.05, 0) is 43.4 Å². The molecule has 1 aromatic carbocycles.